The van der Waals surface area contributed by atoms with Gasteiger partial charge in [-0.25, -0.2) is 4.79 Å². The molecule has 4 heteroatoms. The number of ether oxygens (including phenoxy) is 1. The Morgan fingerprint density at radius 1 is 1.33 bits per heavy atom. The summed E-state index contributed by atoms with van der Waals surface area (Å²) in [5.41, 5.74) is 6.07. The number of hydrogen-bond donors (Lipinski definition) is 1. The van der Waals surface area contributed by atoms with Gasteiger partial charge in [-0.1, -0.05) is 43.5 Å². The Morgan fingerprint density at radius 3 is 2.22 bits per heavy atom. The molecule has 0 radical (unpaired) electrons. The lowest BCUT2D eigenvalue weighted by atomic mass is 10.2. The highest BCUT2D eigenvalue weighted by Gasteiger charge is 1.95. The Hall–Kier alpha value is -2.36. The monoisotopic (exact) mass is 247 g/mol. The Bertz CT molecular complexity index is 412. The van der Waals surface area contributed by atoms with Gasteiger partial charge in [-0.2, -0.15) is 0 Å². The van der Waals surface area contributed by atoms with E-state index < -0.39 is 5.91 Å². The van der Waals surface area contributed by atoms with E-state index in [0.29, 0.717) is 12.2 Å². The third-order valence-corrected chi connectivity index (χ3v) is 1.81. The molecular formula is C14H17NO3. The summed E-state index contributed by atoms with van der Waals surface area (Å²) in [6.45, 7) is 8.46. The molecule has 0 fully saturated rings. The number of nitrogens with two attached hydrogens (primary N) is 1. The predicted molar refractivity (Wildman–Crippen MR) is 70.4 cm³/mol. The second kappa shape index (κ2) is 8.75. The first-order valence-corrected chi connectivity index (χ1v) is 5.25. The molecule has 1 aromatic rings. The molecule has 0 aromatic heterocycles. The summed E-state index contributed by atoms with van der Waals surface area (Å²) in [6, 6.07) is 9.51. The van der Waals surface area contributed by atoms with Gasteiger partial charge < -0.3 is 10.5 Å². The highest BCUT2D eigenvalue weighted by atomic mass is 16.5. The number of rotatable bonds is 4. The standard InChI is InChI=1S/C10H10O2.C4H7NO/c1-2-10(11)12-8-9-6-4-3-5-7-9;1-3(2)4(5)6/h2-7H,1,8H2;1H2,2H3,(H2,5,6). The van der Waals surface area contributed by atoms with Crippen molar-refractivity contribution in [2.24, 2.45) is 5.73 Å². The van der Waals surface area contributed by atoms with Gasteiger partial charge in [-0.15, -0.1) is 0 Å². The maximum atomic E-state index is 10.6. The third-order valence-electron chi connectivity index (χ3n) is 1.81. The fraction of sp³-hybridized carbons (Fsp3) is 0.143. The molecule has 1 amide bonds. The van der Waals surface area contributed by atoms with Crippen molar-refractivity contribution in [3.05, 3.63) is 60.7 Å². The normalized spacial score (nSPS) is 8.50. The van der Waals surface area contributed by atoms with Crippen LogP contribution in [0.2, 0.25) is 0 Å². The van der Waals surface area contributed by atoms with Crippen molar-refractivity contribution in [3.8, 4) is 0 Å². The number of primary amides is 1. The largest absolute Gasteiger partial charge is 0.458 e. The molecular weight excluding hydrogens is 230 g/mol. The van der Waals surface area contributed by atoms with Crippen molar-refractivity contribution in [2.75, 3.05) is 0 Å². The first-order valence-electron chi connectivity index (χ1n) is 5.25. The molecule has 0 aliphatic rings. The van der Waals surface area contributed by atoms with E-state index in [2.05, 4.69) is 13.2 Å². The number of carbonyl (C=O) groups is 2. The molecule has 0 saturated heterocycles. The Balaban J connectivity index is 0.000000411. The van der Waals surface area contributed by atoms with E-state index in [9.17, 15) is 9.59 Å². The maximum absolute atomic E-state index is 10.6. The zero-order valence-electron chi connectivity index (χ0n) is 10.4. The molecule has 1 aromatic carbocycles. The van der Waals surface area contributed by atoms with E-state index in [1.165, 1.54) is 0 Å². The Morgan fingerprint density at radius 2 is 1.83 bits per heavy atom. The van der Waals surface area contributed by atoms with Crippen molar-refractivity contribution in [1.82, 2.24) is 0 Å². The van der Waals surface area contributed by atoms with Gasteiger partial charge in [0.05, 0.1) is 0 Å². The molecule has 0 aliphatic heterocycles. The fourth-order valence-electron chi connectivity index (χ4n) is 0.788. The van der Waals surface area contributed by atoms with Crippen LogP contribution in [-0.2, 0) is 20.9 Å². The van der Waals surface area contributed by atoms with Gasteiger partial charge in [0.15, 0.2) is 0 Å². The minimum Gasteiger partial charge on any atom is -0.458 e. The zero-order valence-corrected chi connectivity index (χ0v) is 10.4. The van der Waals surface area contributed by atoms with E-state index in [4.69, 9.17) is 10.5 Å². The Kier molecular flexibility index (Phi) is 7.61. The van der Waals surface area contributed by atoms with E-state index in [0.717, 1.165) is 11.6 Å². The van der Waals surface area contributed by atoms with Crippen molar-refractivity contribution in [1.29, 1.82) is 0 Å². The molecule has 0 spiro atoms. The Labute approximate surface area is 107 Å². The average Bonchev–Trinajstić information content (AvgIpc) is 2.37. The summed E-state index contributed by atoms with van der Waals surface area (Å²) in [5, 5.41) is 0. The van der Waals surface area contributed by atoms with Crippen molar-refractivity contribution in [2.45, 2.75) is 13.5 Å². The molecule has 96 valence electrons. The second-order valence-electron chi connectivity index (χ2n) is 3.44. The number of amides is 1. The van der Waals surface area contributed by atoms with Crippen molar-refractivity contribution >= 4 is 11.9 Å². The van der Waals surface area contributed by atoms with Crippen molar-refractivity contribution in [3.63, 3.8) is 0 Å². The van der Waals surface area contributed by atoms with Crippen LogP contribution in [0.25, 0.3) is 0 Å². The molecule has 2 N–H and O–H groups in total. The topological polar surface area (TPSA) is 69.4 Å². The molecule has 0 unspecified atom stereocenters. The summed E-state index contributed by atoms with van der Waals surface area (Å²) in [6.07, 6.45) is 1.16. The van der Waals surface area contributed by atoms with Gasteiger partial charge in [-0.3, -0.25) is 4.79 Å². The lowest BCUT2D eigenvalue weighted by Crippen LogP contribution is -2.10. The van der Waals surface area contributed by atoms with Crippen LogP contribution >= 0.6 is 0 Å². The van der Waals surface area contributed by atoms with Gasteiger partial charge in [0.25, 0.3) is 0 Å². The number of benzene rings is 1. The smallest absolute Gasteiger partial charge is 0.330 e. The van der Waals surface area contributed by atoms with Crippen LogP contribution in [-0.4, -0.2) is 11.9 Å². The van der Waals surface area contributed by atoms with Gasteiger partial charge in [0.2, 0.25) is 5.91 Å². The highest BCUT2D eigenvalue weighted by Crippen LogP contribution is 2.00. The first kappa shape index (κ1) is 15.6. The van der Waals surface area contributed by atoms with Gasteiger partial charge in [0, 0.05) is 11.6 Å². The van der Waals surface area contributed by atoms with Crippen LogP contribution in [0.15, 0.2) is 55.1 Å². The van der Waals surface area contributed by atoms with Crippen LogP contribution in [0, 0.1) is 0 Å². The third kappa shape index (κ3) is 7.87. The minimum absolute atomic E-state index is 0.311. The van der Waals surface area contributed by atoms with Crippen LogP contribution in [0.4, 0.5) is 0 Å². The second-order valence-corrected chi connectivity index (χ2v) is 3.44. The number of carbonyl (C=O) groups excluding carboxylic acids is 2. The van der Waals surface area contributed by atoms with Gasteiger partial charge in [-0.05, 0) is 12.5 Å². The van der Waals surface area contributed by atoms with E-state index in [1.807, 2.05) is 30.3 Å². The summed E-state index contributed by atoms with van der Waals surface area (Å²) in [7, 11) is 0. The van der Waals surface area contributed by atoms with Crippen molar-refractivity contribution < 1.29 is 14.3 Å². The SMILES string of the molecule is C=C(C)C(N)=O.C=CC(=O)OCc1ccccc1. The van der Waals surface area contributed by atoms with Gasteiger partial charge >= 0.3 is 5.97 Å². The van der Waals surface area contributed by atoms with Crippen LogP contribution in [0.5, 0.6) is 0 Å². The number of esters is 1. The maximum Gasteiger partial charge on any atom is 0.330 e. The molecule has 1 rings (SSSR count). The lowest BCUT2D eigenvalue weighted by Gasteiger charge is -2.00. The van der Waals surface area contributed by atoms with E-state index in [-0.39, 0.29) is 5.97 Å². The molecule has 0 aliphatic carbocycles. The van der Waals surface area contributed by atoms with Gasteiger partial charge in [0.1, 0.15) is 6.61 Å². The van der Waals surface area contributed by atoms with Crippen LogP contribution < -0.4 is 5.73 Å². The fourth-order valence-corrected chi connectivity index (χ4v) is 0.788. The quantitative estimate of drug-likeness (QED) is 0.653. The number of hydrogen-bond acceptors (Lipinski definition) is 3. The molecule has 0 saturated carbocycles. The molecule has 0 heterocycles. The summed E-state index contributed by atoms with van der Waals surface area (Å²) >= 11 is 0. The van der Waals surface area contributed by atoms with E-state index in [1.54, 1.807) is 6.92 Å². The minimum atomic E-state index is -0.435. The van der Waals surface area contributed by atoms with Crippen LogP contribution in [0.1, 0.15) is 12.5 Å². The molecule has 0 bridgehead atoms. The van der Waals surface area contributed by atoms with E-state index >= 15 is 0 Å². The summed E-state index contributed by atoms with van der Waals surface area (Å²) in [4.78, 5) is 20.5. The zero-order chi connectivity index (χ0) is 14.0. The molecule has 0 atom stereocenters. The summed E-state index contributed by atoms with van der Waals surface area (Å²) < 4.78 is 4.82. The predicted octanol–water partition coefficient (Wildman–Crippen LogP) is 1.96. The lowest BCUT2D eigenvalue weighted by molar-refractivity contribution is -0.139. The highest BCUT2D eigenvalue weighted by molar-refractivity contribution is 5.90. The van der Waals surface area contributed by atoms with Crippen LogP contribution in [0.3, 0.4) is 0 Å². The average molecular weight is 247 g/mol. The first-order chi connectivity index (χ1) is 8.47. The summed E-state index contributed by atoms with van der Waals surface area (Å²) in [5.74, 6) is -0.825. The molecule has 4 nitrogen and oxygen atoms in total. The molecule has 18 heavy (non-hydrogen) atoms.